The maximum atomic E-state index is 13.9. The number of hydrogen-bond acceptors (Lipinski definition) is 6. The lowest BCUT2D eigenvalue weighted by Crippen LogP contribution is -2.64. The van der Waals surface area contributed by atoms with Gasteiger partial charge in [0.05, 0.1) is 12.0 Å². The minimum atomic E-state index is -1.00. The van der Waals surface area contributed by atoms with Gasteiger partial charge in [-0.3, -0.25) is 24.0 Å². The first-order valence-corrected chi connectivity index (χ1v) is 13.6. The molecule has 4 fully saturated rings. The zero-order valence-electron chi connectivity index (χ0n) is 22.5. The average molecular weight is 503 g/mol. The molecule has 0 aromatic heterocycles. The van der Waals surface area contributed by atoms with Crippen molar-refractivity contribution in [2.75, 3.05) is 0 Å². The molecular formula is C29H42O7. The van der Waals surface area contributed by atoms with Crippen LogP contribution in [0.4, 0.5) is 0 Å². The van der Waals surface area contributed by atoms with Crippen LogP contribution < -0.4 is 0 Å². The van der Waals surface area contributed by atoms with Crippen LogP contribution in [0.5, 0.6) is 0 Å². The van der Waals surface area contributed by atoms with Gasteiger partial charge >= 0.3 is 5.97 Å². The van der Waals surface area contributed by atoms with Crippen molar-refractivity contribution in [3.63, 3.8) is 0 Å². The molecule has 4 saturated carbocycles. The second-order valence-electron chi connectivity index (χ2n) is 13.6. The Labute approximate surface area is 213 Å². The Morgan fingerprint density at radius 1 is 1.00 bits per heavy atom. The van der Waals surface area contributed by atoms with Crippen molar-refractivity contribution < 1.29 is 34.2 Å². The SMILES string of the molecule is CC(CC(=O)CC(C)[C@H]1C[C@H](O)[C@H]2C3C(=O)CC4C(C)(C)C(=O)CC[C@]4(C)C3C(=O)C[C@]12C)C(=O)O. The Morgan fingerprint density at radius 2 is 1.64 bits per heavy atom. The number of hydrogen-bond donors (Lipinski definition) is 2. The molecule has 0 heterocycles. The number of ketones is 4. The highest BCUT2D eigenvalue weighted by molar-refractivity contribution is 5.96. The first kappa shape index (κ1) is 27.2. The summed E-state index contributed by atoms with van der Waals surface area (Å²) in [6, 6.07) is 0. The fraction of sp³-hybridized carbons (Fsp3) is 0.828. The first-order chi connectivity index (χ1) is 16.6. The monoisotopic (exact) mass is 502 g/mol. The van der Waals surface area contributed by atoms with Crippen LogP contribution in [0.2, 0.25) is 0 Å². The third kappa shape index (κ3) is 3.91. The van der Waals surface area contributed by atoms with Gasteiger partial charge in [-0.05, 0) is 41.4 Å². The highest BCUT2D eigenvalue weighted by atomic mass is 16.4. The summed E-state index contributed by atoms with van der Waals surface area (Å²) in [4.78, 5) is 64.3. The predicted octanol–water partition coefficient (Wildman–Crippen LogP) is 3.89. The van der Waals surface area contributed by atoms with Gasteiger partial charge in [0.15, 0.2) is 0 Å². The summed E-state index contributed by atoms with van der Waals surface area (Å²) in [5.74, 6) is -3.52. The van der Waals surface area contributed by atoms with Crippen LogP contribution in [-0.4, -0.2) is 45.4 Å². The highest BCUT2D eigenvalue weighted by Gasteiger charge is 2.70. The molecule has 4 aliphatic carbocycles. The molecule has 0 aromatic rings. The predicted molar refractivity (Wildman–Crippen MR) is 132 cm³/mol. The number of aliphatic carboxylic acids is 1. The van der Waals surface area contributed by atoms with E-state index in [-0.39, 0.29) is 72.5 Å². The number of Topliss-reactive ketones (excluding diaryl/α,β-unsaturated/α-hetero) is 4. The molecule has 0 saturated heterocycles. The number of carbonyl (C=O) groups excluding carboxylic acids is 4. The number of carboxylic acids is 1. The van der Waals surface area contributed by atoms with Crippen molar-refractivity contribution in [3.8, 4) is 0 Å². The van der Waals surface area contributed by atoms with Crippen LogP contribution >= 0.6 is 0 Å². The smallest absolute Gasteiger partial charge is 0.306 e. The minimum absolute atomic E-state index is 0.00626. The number of rotatable bonds is 6. The maximum Gasteiger partial charge on any atom is 0.306 e. The number of aliphatic hydroxyl groups is 1. The molecule has 0 radical (unpaired) electrons. The third-order valence-corrected chi connectivity index (χ3v) is 11.1. The molecule has 0 aliphatic heterocycles. The summed E-state index contributed by atoms with van der Waals surface area (Å²) in [5.41, 5.74) is -1.72. The normalized spacial score (nSPS) is 43.2. The quantitative estimate of drug-likeness (QED) is 0.564. The van der Waals surface area contributed by atoms with E-state index in [1.54, 1.807) is 0 Å². The summed E-state index contributed by atoms with van der Waals surface area (Å²) in [6.45, 7) is 11.4. The summed E-state index contributed by atoms with van der Waals surface area (Å²) >= 11 is 0. The molecule has 7 heteroatoms. The van der Waals surface area contributed by atoms with Crippen LogP contribution in [-0.2, 0) is 24.0 Å². The van der Waals surface area contributed by atoms with Crippen molar-refractivity contribution in [2.24, 2.45) is 57.7 Å². The van der Waals surface area contributed by atoms with Crippen molar-refractivity contribution in [3.05, 3.63) is 0 Å². The second kappa shape index (κ2) is 8.85. The molecule has 200 valence electrons. The average Bonchev–Trinajstić information content (AvgIpc) is 3.02. The topological polar surface area (TPSA) is 126 Å². The molecule has 10 atom stereocenters. The molecule has 2 N–H and O–H groups in total. The van der Waals surface area contributed by atoms with Crippen LogP contribution in [0.25, 0.3) is 0 Å². The standard InChI is InChI=1S/C29H42O7/c1-14(9-16(30)10-15(2)26(35)36)17-11-19(32)24-23-18(31)12-21-27(3,4)22(34)7-8-28(21,5)25(23)20(33)13-29(17,24)6/h14-15,17,19,21,23-25,32H,7-13H2,1-6H3,(H,35,36)/t14?,15?,17-,19+,21?,23?,24+,25?,28+,29-/m1/s1. The fourth-order valence-electron chi connectivity index (χ4n) is 9.31. The zero-order valence-corrected chi connectivity index (χ0v) is 22.5. The number of aliphatic hydroxyl groups excluding tert-OH is 1. The summed E-state index contributed by atoms with van der Waals surface area (Å²) in [6.07, 6.45) is 1.37. The second-order valence-corrected chi connectivity index (χ2v) is 13.6. The molecule has 5 unspecified atom stereocenters. The molecule has 0 aromatic carbocycles. The first-order valence-electron chi connectivity index (χ1n) is 13.6. The molecule has 4 aliphatic rings. The number of fused-ring (bicyclic) bond motifs is 5. The van der Waals surface area contributed by atoms with Crippen molar-refractivity contribution >= 4 is 29.1 Å². The van der Waals surface area contributed by atoms with Crippen molar-refractivity contribution in [2.45, 2.75) is 92.6 Å². The zero-order chi connectivity index (χ0) is 27.0. The van der Waals surface area contributed by atoms with Gasteiger partial charge < -0.3 is 10.2 Å². The Balaban J connectivity index is 1.63. The van der Waals surface area contributed by atoms with E-state index in [1.807, 2.05) is 27.7 Å². The van der Waals surface area contributed by atoms with E-state index in [0.29, 0.717) is 19.3 Å². The Hall–Kier alpha value is -1.89. The van der Waals surface area contributed by atoms with E-state index in [2.05, 4.69) is 6.92 Å². The van der Waals surface area contributed by atoms with Gasteiger partial charge in [0.1, 0.15) is 23.1 Å². The van der Waals surface area contributed by atoms with Gasteiger partial charge in [-0.15, -0.1) is 0 Å². The minimum Gasteiger partial charge on any atom is -0.481 e. The third-order valence-electron chi connectivity index (χ3n) is 11.1. The lowest BCUT2D eigenvalue weighted by Gasteiger charge is -2.61. The van der Waals surface area contributed by atoms with E-state index in [1.165, 1.54) is 6.92 Å². The van der Waals surface area contributed by atoms with Gasteiger partial charge in [-0.25, -0.2) is 0 Å². The Kier molecular flexibility index (Phi) is 6.67. The lowest BCUT2D eigenvalue weighted by atomic mass is 9.40. The Morgan fingerprint density at radius 3 is 2.25 bits per heavy atom. The number of carboxylic acid groups (broad SMARTS) is 1. The van der Waals surface area contributed by atoms with E-state index in [4.69, 9.17) is 5.11 Å². The summed E-state index contributed by atoms with van der Waals surface area (Å²) < 4.78 is 0. The van der Waals surface area contributed by atoms with Gasteiger partial charge in [0, 0.05) is 55.3 Å². The van der Waals surface area contributed by atoms with E-state index < -0.39 is 46.1 Å². The van der Waals surface area contributed by atoms with Crippen molar-refractivity contribution in [1.29, 1.82) is 0 Å². The van der Waals surface area contributed by atoms with Crippen molar-refractivity contribution in [1.82, 2.24) is 0 Å². The summed E-state index contributed by atoms with van der Waals surface area (Å²) in [7, 11) is 0. The molecule has 7 nitrogen and oxygen atoms in total. The fourth-order valence-corrected chi connectivity index (χ4v) is 9.31. The molecule has 0 amide bonds. The van der Waals surface area contributed by atoms with Gasteiger partial charge in [-0.2, -0.15) is 0 Å². The molecule has 0 bridgehead atoms. The van der Waals surface area contributed by atoms with Gasteiger partial charge in [0.25, 0.3) is 0 Å². The largest absolute Gasteiger partial charge is 0.481 e. The van der Waals surface area contributed by atoms with Crippen LogP contribution in [0, 0.1) is 57.7 Å². The molecule has 4 rings (SSSR count). The lowest BCUT2D eigenvalue weighted by molar-refractivity contribution is -0.183. The van der Waals surface area contributed by atoms with Gasteiger partial charge in [-0.1, -0.05) is 41.5 Å². The van der Waals surface area contributed by atoms with Crippen LogP contribution in [0.15, 0.2) is 0 Å². The summed E-state index contributed by atoms with van der Waals surface area (Å²) in [5, 5.41) is 20.5. The number of carbonyl (C=O) groups is 5. The van der Waals surface area contributed by atoms with Crippen LogP contribution in [0.3, 0.4) is 0 Å². The molecule has 36 heavy (non-hydrogen) atoms. The maximum absolute atomic E-state index is 13.9. The Bertz CT molecular complexity index is 998. The van der Waals surface area contributed by atoms with Gasteiger partial charge in [0.2, 0.25) is 0 Å². The molecular weight excluding hydrogens is 460 g/mol. The van der Waals surface area contributed by atoms with E-state index in [9.17, 15) is 29.1 Å². The highest BCUT2D eigenvalue weighted by Crippen LogP contribution is 2.68. The van der Waals surface area contributed by atoms with E-state index >= 15 is 0 Å². The molecule has 0 spiro atoms. The van der Waals surface area contributed by atoms with E-state index in [0.717, 1.165) is 0 Å². The van der Waals surface area contributed by atoms with Crippen LogP contribution in [0.1, 0.15) is 86.5 Å².